The average Bonchev–Trinajstić information content (AvgIpc) is 2.53. The van der Waals surface area contributed by atoms with E-state index in [2.05, 4.69) is 6.07 Å². The minimum Gasteiger partial charge on any atom is -0.494 e. The van der Waals surface area contributed by atoms with Gasteiger partial charge in [-0.15, -0.1) is 11.6 Å². The second kappa shape index (κ2) is 5.74. The Hall–Kier alpha value is -2.06. The molecule has 0 aliphatic carbocycles. The molecule has 0 fully saturated rings. The van der Waals surface area contributed by atoms with E-state index in [0.29, 0.717) is 5.56 Å². The molecule has 0 aliphatic heterocycles. The van der Waals surface area contributed by atoms with Crippen LogP contribution in [0.5, 0.6) is 5.75 Å². The number of benzene rings is 3. The first kappa shape index (κ1) is 13.9. The molecule has 0 spiro atoms. The molecule has 21 heavy (non-hydrogen) atoms. The van der Waals surface area contributed by atoms with E-state index in [4.69, 9.17) is 16.3 Å². The van der Waals surface area contributed by atoms with Gasteiger partial charge in [0.2, 0.25) is 0 Å². The highest BCUT2D eigenvalue weighted by Gasteiger charge is 2.14. The minimum atomic E-state index is -0.401. The first-order valence-electron chi connectivity index (χ1n) is 6.65. The molecular formula is C18H14ClFO. The van der Waals surface area contributed by atoms with Gasteiger partial charge in [0, 0.05) is 0 Å². The fraction of sp³-hybridized carbons (Fsp3) is 0.111. The van der Waals surface area contributed by atoms with Crippen LogP contribution in [0.3, 0.4) is 0 Å². The third-order valence-electron chi connectivity index (χ3n) is 3.53. The van der Waals surface area contributed by atoms with Crippen molar-refractivity contribution >= 4 is 22.4 Å². The molecule has 0 amide bonds. The SMILES string of the molecule is COc1ccc(C(Cl)c2ccc3ccccc3c2)cc1F. The fourth-order valence-corrected chi connectivity index (χ4v) is 2.67. The largest absolute Gasteiger partial charge is 0.494 e. The molecule has 0 bridgehead atoms. The van der Waals surface area contributed by atoms with Gasteiger partial charge >= 0.3 is 0 Å². The maximum atomic E-state index is 13.8. The zero-order valence-electron chi connectivity index (χ0n) is 11.5. The van der Waals surface area contributed by atoms with Crippen molar-refractivity contribution in [2.75, 3.05) is 7.11 Å². The van der Waals surface area contributed by atoms with Crippen LogP contribution < -0.4 is 4.74 Å². The number of rotatable bonds is 3. The third kappa shape index (κ3) is 2.72. The predicted octanol–water partition coefficient (Wildman–Crippen LogP) is 5.32. The van der Waals surface area contributed by atoms with Crippen LogP contribution in [-0.4, -0.2) is 7.11 Å². The van der Waals surface area contributed by atoms with Crippen LogP contribution in [0.1, 0.15) is 16.5 Å². The standard InChI is InChI=1S/C18H14ClFO/c1-21-17-9-8-15(11-16(17)20)18(19)14-7-6-12-4-2-3-5-13(12)10-14/h2-11,18H,1H3. The van der Waals surface area contributed by atoms with Crippen LogP contribution in [0.25, 0.3) is 10.8 Å². The van der Waals surface area contributed by atoms with Gasteiger partial charge in [0.05, 0.1) is 12.5 Å². The first-order chi connectivity index (χ1) is 10.2. The van der Waals surface area contributed by atoms with Gasteiger partial charge in [0.1, 0.15) is 0 Å². The summed E-state index contributed by atoms with van der Waals surface area (Å²) in [5.41, 5.74) is 1.66. The first-order valence-corrected chi connectivity index (χ1v) is 7.09. The number of alkyl halides is 1. The molecular weight excluding hydrogens is 287 g/mol. The molecule has 1 unspecified atom stereocenters. The van der Waals surface area contributed by atoms with Gasteiger partial charge in [-0.1, -0.05) is 42.5 Å². The quantitative estimate of drug-likeness (QED) is 0.595. The van der Waals surface area contributed by atoms with E-state index in [1.165, 1.54) is 13.2 Å². The summed E-state index contributed by atoms with van der Waals surface area (Å²) in [5, 5.41) is 1.88. The Labute approximate surface area is 127 Å². The van der Waals surface area contributed by atoms with Crippen LogP contribution in [0.4, 0.5) is 4.39 Å². The molecule has 1 atom stereocenters. The fourth-order valence-electron chi connectivity index (χ4n) is 2.40. The molecule has 0 aliphatic rings. The van der Waals surface area contributed by atoms with Crippen molar-refractivity contribution in [2.24, 2.45) is 0 Å². The summed E-state index contributed by atoms with van der Waals surface area (Å²) in [6.45, 7) is 0. The van der Waals surface area contributed by atoms with Gasteiger partial charge in [-0.2, -0.15) is 0 Å². The summed E-state index contributed by atoms with van der Waals surface area (Å²) in [4.78, 5) is 0. The topological polar surface area (TPSA) is 9.23 Å². The number of hydrogen-bond acceptors (Lipinski definition) is 1. The lowest BCUT2D eigenvalue weighted by atomic mass is 10.0. The predicted molar refractivity (Wildman–Crippen MR) is 84.6 cm³/mol. The Bertz CT molecular complexity index is 785. The van der Waals surface area contributed by atoms with E-state index in [9.17, 15) is 4.39 Å². The molecule has 3 aromatic carbocycles. The van der Waals surface area contributed by atoms with Crippen molar-refractivity contribution in [2.45, 2.75) is 5.38 Å². The minimum absolute atomic E-state index is 0.223. The lowest BCUT2D eigenvalue weighted by molar-refractivity contribution is 0.386. The zero-order chi connectivity index (χ0) is 14.8. The van der Waals surface area contributed by atoms with Crippen molar-refractivity contribution in [3.63, 3.8) is 0 Å². The summed E-state index contributed by atoms with van der Waals surface area (Å²) < 4.78 is 18.7. The normalized spacial score (nSPS) is 12.3. The lowest BCUT2D eigenvalue weighted by Gasteiger charge is -2.12. The van der Waals surface area contributed by atoms with Gasteiger partial charge in [-0.05, 0) is 40.1 Å². The van der Waals surface area contributed by atoms with Crippen LogP contribution >= 0.6 is 11.6 Å². The van der Waals surface area contributed by atoms with Crippen molar-refractivity contribution in [3.8, 4) is 5.75 Å². The lowest BCUT2D eigenvalue weighted by Crippen LogP contribution is -1.96. The molecule has 0 heterocycles. The van der Waals surface area contributed by atoms with E-state index in [0.717, 1.165) is 16.3 Å². The molecule has 0 N–H and O–H groups in total. The van der Waals surface area contributed by atoms with E-state index >= 15 is 0 Å². The maximum absolute atomic E-state index is 13.8. The Morgan fingerprint density at radius 3 is 2.29 bits per heavy atom. The molecule has 0 saturated carbocycles. The van der Waals surface area contributed by atoms with E-state index in [-0.39, 0.29) is 5.75 Å². The molecule has 3 heteroatoms. The van der Waals surface area contributed by atoms with Gasteiger partial charge in [-0.25, -0.2) is 4.39 Å². The number of ether oxygens (including phenoxy) is 1. The second-order valence-corrected chi connectivity index (χ2v) is 5.30. The monoisotopic (exact) mass is 300 g/mol. The van der Waals surface area contributed by atoms with Gasteiger partial charge in [0.15, 0.2) is 11.6 Å². The van der Waals surface area contributed by atoms with Crippen LogP contribution in [0.15, 0.2) is 60.7 Å². The molecule has 0 radical (unpaired) electrons. The van der Waals surface area contributed by atoms with Crippen molar-refractivity contribution < 1.29 is 9.13 Å². The smallest absolute Gasteiger partial charge is 0.165 e. The second-order valence-electron chi connectivity index (χ2n) is 4.86. The highest BCUT2D eigenvalue weighted by atomic mass is 35.5. The average molecular weight is 301 g/mol. The van der Waals surface area contributed by atoms with Crippen molar-refractivity contribution in [1.29, 1.82) is 0 Å². The van der Waals surface area contributed by atoms with Crippen LogP contribution in [-0.2, 0) is 0 Å². The van der Waals surface area contributed by atoms with E-state index in [1.54, 1.807) is 12.1 Å². The van der Waals surface area contributed by atoms with Crippen molar-refractivity contribution in [1.82, 2.24) is 0 Å². The number of hydrogen-bond donors (Lipinski definition) is 0. The van der Waals surface area contributed by atoms with Crippen molar-refractivity contribution in [3.05, 3.63) is 77.6 Å². The summed E-state index contributed by atoms with van der Waals surface area (Å²) in [6, 6.07) is 18.9. The maximum Gasteiger partial charge on any atom is 0.165 e. The molecule has 3 aromatic rings. The molecule has 0 saturated heterocycles. The summed E-state index contributed by atoms with van der Waals surface area (Å²) in [5.74, 6) is -0.178. The van der Waals surface area contributed by atoms with Crippen LogP contribution in [0.2, 0.25) is 0 Å². The Kier molecular flexibility index (Phi) is 3.80. The summed E-state index contributed by atoms with van der Waals surface area (Å²) in [7, 11) is 1.44. The van der Waals surface area contributed by atoms with Gasteiger partial charge < -0.3 is 4.74 Å². The Balaban J connectivity index is 1.99. The number of methoxy groups -OCH3 is 1. The summed E-state index contributed by atoms with van der Waals surface area (Å²) in [6.07, 6.45) is 0. The number of halogens is 2. The van der Waals surface area contributed by atoms with Crippen LogP contribution in [0, 0.1) is 5.82 Å². The van der Waals surface area contributed by atoms with Gasteiger partial charge in [0.25, 0.3) is 0 Å². The summed E-state index contributed by atoms with van der Waals surface area (Å²) >= 11 is 6.49. The van der Waals surface area contributed by atoms with E-state index in [1.807, 2.05) is 36.4 Å². The zero-order valence-corrected chi connectivity index (χ0v) is 12.3. The van der Waals surface area contributed by atoms with Gasteiger partial charge in [-0.3, -0.25) is 0 Å². The molecule has 3 rings (SSSR count). The Morgan fingerprint density at radius 2 is 1.57 bits per heavy atom. The van der Waals surface area contributed by atoms with E-state index < -0.39 is 11.2 Å². The molecule has 0 aromatic heterocycles. The number of fused-ring (bicyclic) bond motifs is 1. The highest BCUT2D eigenvalue weighted by Crippen LogP contribution is 2.32. The molecule has 1 nitrogen and oxygen atoms in total. The third-order valence-corrected chi connectivity index (χ3v) is 4.04. The highest BCUT2D eigenvalue weighted by molar-refractivity contribution is 6.22. The Morgan fingerprint density at radius 1 is 0.905 bits per heavy atom. The molecule has 106 valence electrons.